The molecule has 1 aliphatic carbocycles. The van der Waals surface area contributed by atoms with E-state index >= 15 is 0 Å². The number of nitrogens with zero attached hydrogens (tertiary/aromatic N) is 2. The second kappa shape index (κ2) is 7.74. The summed E-state index contributed by atoms with van der Waals surface area (Å²) in [6.45, 7) is 5.91. The fraction of sp³-hybridized carbons (Fsp3) is 0.435. The van der Waals surface area contributed by atoms with Crippen molar-refractivity contribution in [1.82, 2.24) is 10.2 Å². The number of methoxy groups -OCH3 is 1. The van der Waals surface area contributed by atoms with Crippen LogP contribution in [-0.4, -0.2) is 50.8 Å². The van der Waals surface area contributed by atoms with Crippen LogP contribution in [0.2, 0.25) is 0 Å². The molecule has 148 valence electrons. The van der Waals surface area contributed by atoms with Gasteiger partial charge in [-0.05, 0) is 37.5 Å². The van der Waals surface area contributed by atoms with Gasteiger partial charge in [0.1, 0.15) is 5.75 Å². The molecule has 2 aromatic carbocycles. The van der Waals surface area contributed by atoms with Crippen LogP contribution in [0.25, 0.3) is 0 Å². The number of benzene rings is 2. The van der Waals surface area contributed by atoms with E-state index in [1.807, 2.05) is 23.1 Å². The third-order valence-electron chi connectivity index (χ3n) is 6.09. The topological polar surface area (TPSA) is 44.8 Å². The Morgan fingerprint density at radius 3 is 2.36 bits per heavy atom. The molecule has 1 saturated heterocycles. The number of carbonyl (C=O) groups is 1. The second-order valence-electron chi connectivity index (χ2n) is 7.95. The molecule has 0 aromatic heterocycles. The lowest BCUT2D eigenvalue weighted by atomic mass is 9.95. The zero-order valence-electron chi connectivity index (χ0n) is 16.8. The average molecular weight is 380 g/mol. The van der Waals surface area contributed by atoms with Gasteiger partial charge in [0.2, 0.25) is 0 Å². The summed E-state index contributed by atoms with van der Waals surface area (Å²) in [4.78, 5) is 16.9. The predicted octanol–water partition coefficient (Wildman–Crippen LogP) is 3.57. The molecule has 2 aliphatic rings. The maximum Gasteiger partial charge on any atom is 0.317 e. The van der Waals surface area contributed by atoms with Crippen molar-refractivity contribution < 1.29 is 9.53 Å². The van der Waals surface area contributed by atoms with Crippen LogP contribution in [0.1, 0.15) is 24.0 Å². The number of hydrogen-bond donors (Lipinski definition) is 1. The van der Waals surface area contributed by atoms with Crippen LogP contribution in [0.15, 0.2) is 48.5 Å². The van der Waals surface area contributed by atoms with E-state index in [-0.39, 0.29) is 11.4 Å². The van der Waals surface area contributed by atoms with E-state index in [2.05, 4.69) is 47.5 Å². The van der Waals surface area contributed by atoms with Crippen molar-refractivity contribution in [2.45, 2.75) is 25.2 Å². The van der Waals surface area contributed by atoms with Gasteiger partial charge in [-0.2, -0.15) is 0 Å². The molecule has 2 amide bonds. The first kappa shape index (κ1) is 18.7. The molecule has 2 aromatic rings. The molecule has 4 rings (SSSR count). The highest BCUT2D eigenvalue weighted by atomic mass is 16.5. The number of rotatable bonds is 5. The van der Waals surface area contributed by atoms with Gasteiger partial charge in [-0.3, -0.25) is 0 Å². The minimum atomic E-state index is 0.0538. The Morgan fingerprint density at radius 2 is 1.71 bits per heavy atom. The van der Waals surface area contributed by atoms with Gasteiger partial charge < -0.3 is 19.9 Å². The molecule has 1 N–H and O–H groups in total. The number of aryl methyl sites for hydroxylation is 1. The van der Waals surface area contributed by atoms with Crippen molar-refractivity contribution in [2.24, 2.45) is 0 Å². The molecule has 0 bridgehead atoms. The van der Waals surface area contributed by atoms with Crippen LogP contribution >= 0.6 is 0 Å². The highest BCUT2D eigenvalue weighted by molar-refractivity contribution is 5.75. The first-order valence-electron chi connectivity index (χ1n) is 10.1. The molecule has 1 aliphatic heterocycles. The minimum Gasteiger partial charge on any atom is -0.495 e. The third-order valence-corrected chi connectivity index (χ3v) is 6.09. The van der Waals surface area contributed by atoms with E-state index in [4.69, 9.17) is 4.74 Å². The molecule has 2 fully saturated rings. The summed E-state index contributed by atoms with van der Waals surface area (Å²) in [5.41, 5.74) is 3.86. The first-order valence-corrected chi connectivity index (χ1v) is 10.1. The Labute approximate surface area is 167 Å². The van der Waals surface area contributed by atoms with Gasteiger partial charge in [-0.25, -0.2) is 4.79 Å². The van der Waals surface area contributed by atoms with Gasteiger partial charge >= 0.3 is 6.03 Å². The molecule has 0 unspecified atom stereocenters. The fourth-order valence-electron chi connectivity index (χ4n) is 4.02. The lowest BCUT2D eigenvalue weighted by Crippen LogP contribution is -2.52. The lowest BCUT2D eigenvalue weighted by molar-refractivity contribution is 0.193. The average Bonchev–Trinajstić information content (AvgIpc) is 3.54. The summed E-state index contributed by atoms with van der Waals surface area (Å²) in [6.07, 6.45) is 2.30. The van der Waals surface area contributed by atoms with E-state index < -0.39 is 0 Å². The molecule has 5 heteroatoms. The van der Waals surface area contributed by atoms with E-state index in [9.17, 15) is 4.79 Å². The number of hydrogen-bond acceptors (Lipinski definition) is 3. The van der Waals surface area contributed by atoms with Crippen LogP contribution < -0.4 is 15.0 Å². The molecular weight excluding hydrogens is 350 g/mol. The first-order chi connectivity index (χ1) is 13.6. The maximum absolute atomic E-state index is 12.7. The Bertz CT molecular complexity index is 822. The molecular formula is C23H29N3O2. The van der Waals surface area contributed by atoms with Gasteiger partial charge in [-0.15, -0.1) is 0 Å². The molecule has 0 spiro atoms. The molecule has 1 heterocycles. The van der Waals surface area contributed by atoms with Crippen molar-refractivity contribution >= 4 is 11.7 Å². The van der Waals surface area contributed by atoms with Gasteiger partial charge in [0.05, 0.1) is 12.8 Å². The summed E-state index contributed by atoms with van der Waals surface area (Å²) in [7, 11) is 1.70. The van der Waals surface area contributed by atoms with Gasteiger partial charge in [0.15, 0.2) is 0 Å². The van der Waals surface area contributed by atoms with Crippen molar-refractivity contribution in [2.75, 3.05) is 44.7 Å². The lowest BCUT2D eigenvalue weighted by Gasteiger charge is -2.36. The Kier molecular flexibility index (Phi) is 5.16. The molecule has 1 saturated carbocycles. The Balaban J connectivity index is 1.30. The van der Waals surface area contributed by atoms with Crippen LogP contribution in [0.4, 0.5) is 10.5 Å². The highest BCUT2D eigenvalue weighted by Gasteiger charge is 2.44. The number of piperazine rings is 1. The van der Waals surface area contributed by atoms with Crippen LogP contribution in [0.5, 0.6) is 5.75 Å². The van der Waals surface area contributed by atoms with Crippen molar-refractivity contribution in [1.29, 1.82) is 0 Å². The molecule has 0 radical (unpaired) electrons. The van der Waals surface area contributed by atoms with Crippen molar-refractivity contribution in [3.63, 3.8) is 0 Å². The SMILES string of the molecule is COc1ccccc1N1CCN(C(=O)NCC2(c3ccc(C)cc3)CC2)CC1. The number of carbonyl (C=O) groups excluding carboxylic acids is 1. The van der Waals surface area contributed by atoms with Crippen molar-refractivity contribution in [3.05, 3.63) is 59.7 Å². The van der Waals surface area contributed by atoms with E-state index in [1.54, 1.807) is 7.11 Å². The quantitative estimate of drug-likeness (QED) is 0.864. The number of amides is 2. The number of nitrogens with one attached hydrogen (secondary N) is 1. The van der Waals surface area contributed by atoms with E-state index in [0.29, 0.717) is 0 Å². The van der Waals surface area contributed by atoms with Gasteiger partial charge in [0, 0.05) is 38.1 Å². The van der Waals surface area contributed by atoms with Crippen molar-refractivity contribution in [3.8, 4) is 5.75 Å². The van der Waals surface area contributed by atoms with Gasteiger partial charge in [0.25, 0.3) is 0 Å². The molecule has 5 nitrogen and oxygen atoms in total. The normalized spacial score (nSPS) is 17.9. The minimum absolute atomic E-state index is 0.0538. The Hall–Kier alpha value is -2.69. The van der Waals surface area contributed by atoms with E-state index in [0.717, 1.165) is 57.0 Å². The largest absolute Gasteiger partial charge is 0.495 e. The van der Waals surface area contributed by atoms with Crippen LogP contribution in [0, 0.1) is 6.92 Å². The number of ether oxygens (including phenoxy) is 1. The summed E-state index contributed by atoms with van der Waals surface area (Å²) in [5.74, 6) is 0.883. The number of para-hydroxylation sites is 2. The zero-order valence-corrected chi connectivity index (χ0v) is 16.8. The predicted molar refractivity (Wildman–Crippen MR) is 112 cm³/mol. The molecule has 28 heavy (non-hydrogen) atoms. The molecule has 0 atom stereocenters. The summed E-state index contributed by atoms with van der Waals surface area (Å²) < 4.78 is 5.47. The van der Waals surface area contributed by atoms with E-state index in [1.165, 1.54) is 11.1 Å². The standard InChI is InChI=1S/C23H29N3O2/c1-18-7-9-19(10-8-18)23(11-12-23)17-24-22(27)26-15-13-25(14-16-26)20-5-3-4-6-21(20)28-2/h3-10H,11-17H2,1-2H3,(H,24,27). The Morgan fingerprint density at radius 1 is 1.04 bits per heavy atom. The third kappa shape index (κ3) is 3.79. The number of urea groups is 1. The van der Waals surface area contributed by atoms with Crippen LogP contribution in [0.3, 0.4) is 0 Å². The summed E-state index contributed by atoms with van der Waals surface area (Å²) >= 11 is 0. The monoisotopic (exact) mass is 379 g/mol. The summed E-state index contributed by atoms with van der Waals surface area (Å²) in [5, 5.41) is 3.19. The highest BCUT2D eigenvalue weighted by Crippen LogP contribution is 2.47. The fourth-order valence-corrected chi connectivity index (χ4v) is 4.02. The van der Waals surface area contributed by atoms with Crippen LogP contribution in [-0.2, 0) is 5.41 Å². The van der Waals surface area contributed by atoms with Gasteiger partial charge in [-0.1, -0.05) is 42.0 Å². The summed E-state index contributed by atoms with van der Waals surface area (Å²) in [6, 6.07) is 16.9. The smallest absolute Gasteiger partial charge is 0.317 e. The number of anilines is 1. The maximum atomic E-state index is 12.7. The second-order valence-corrected chi connectivity index (χ2v) is 7.95. The zero-order chi connectivity index (χ0) is 19.6.